The second-order valence-electron chi connectivity index (χ2n) is 16.5. The molecule has 1 heterocycles. The van der Waals surface area contributed by atoms with Gasteiger partial charge < -0.3 is 40.4 Å². The Morgan fingerprint density at radius 2 is 1.60 bits per heavy atom. The van der Waals surface area contributed by atoms with E-state index < -0.39 is 35.7 Å². The van der Waals surface area contributed by atoms with E-state index >= 15 is 0 Å². The SMILES string of the molecule is C=C/C=C\C=C(/C)C(=O)N[C@H](C(=O)N(C)C(C(C)CC)C(CC)OC)C(C)C.CN.COC(C(C)C(=O)NC(Cc1ccccc1)C(=O)OC(C)(C)C)C1CCCN1C=O. The summed E-state index contributed by atoms with van der Waals surface area (Å²) in [6.45, 7) is 23.4. The predicted octanol–water partition coefficient (Wildman–Crippen LogP) is 6.02. The van der Waals surface area contributed by atoms with Gasteiger partial charge in [0.15, 0.2) is 0 Å². The summed E-state index contributed by atoms with van der Waals surface area (Å²) in [6.07, 6.45) is 10.9. The first-order valence-corrected chi connectivity index (χ1v) is 21.3. The van der Waals surface area contributed by atoms with Crippen LogP contribution in [0.15, 0.2) is 66.8 Å². The van der Waals surface area contributed by atoms with Gasteiger partial charge in [-0.3, -0.25) is 19.2 Å². The van der Waals surface area contributed by atoms with Gasteiger partial charge in [0.05, 0.1) is 30.2 Å². The van der Waals surface area contributed by atoms with Gasteiger partial charge >= 0.3 is 5.97 Å². The van der Waals surface area contributed by atoms with Crippen LogP contribution in [0, 0.1) is 17.8 Å². The van der Waals surface area contributed by atoms with Gasteiger partial charge in [-0.05, 0) is 71.4 Å². The Bertz CT molecular complexity index is 1500. The number of allylic oxidation sites excluding steroid dienone is 4. The van der Waals surface area contributed by atoms with E-state index in [1.54, 1.807) is 82.9 Å². The molecule has 13 nitrogen and oxygen atoms in total. The summed E-state index contributed by atoms with van der Waals surface area (Å²) in [5.74, 6) is -1.39. The molecule has 8 atom stereocenters. The molecule has 4 N–H and O–H groups in total. The number of nitrogens with zero attached hydrogens (tertiary/aromatic N) is 2. The van der Waals surface area contributed by atoms with Crippen LogP contribution in [-0.4, -0.2) is 117 Å². The van der Waals surface area contributed by atoms with E-state index in [-0.39, 0.29) is 47.7 Å². The number of ether oxygens (including phenoxy) is 3. The fourth-order valence-electron chi connectivity index (χ4n) is 7.14. The maximum Gasteiger partial charge on any atom is 0.329 e. The number of esters is 1. The number of carbonyl (C=O) groups excluding carboxylic acids is 5. The van der Waals surface area contributed by atoms with Crippen molar-refractivity contribution >= 4 is 30.1 Å². The molecule has 1 aliphatic heterocycles. The normalized spacial score (nSPS) is 17.6. The fraction of sp³-hybridized carbons (Fsp3) is 0.638. The standard InChI is InChI=1S/C23H34N2O5.C23H40N2O3.CH5N/c1-16(20(29-5)19-12-9-13-25(19)15-26)21(27)24-18(22(28)30-23(2,3)4)14-17-10-7-6-8-11-17;1-10-13-14-15-18(7)22(26)24-20(16(4)5)23(27)25(8)21(17(6)11-2)19(12-3)28-9;1-2/h6-8,10-11,15-16,18-20H,9,12-14H2,1-5H3,(H,24,27);10,13-17,19-21H,1,11-12H2,2-9H3,(H,24,26);2H2,1H3/b;14-13-,18-15+;/t;17?,19?,20-,21?;/m.0./s1. The lowest BCUT2D eigenvalue weighted by atomic mass is 9.90. The van der Waals surface area contributed by atoms with Crippen molar-refractivity contribution in [2.45, 2.75) is 143 Å². The van der Waals surface area contributed by atoms with Crippen LogP contribution in [-0.2, 0) is 44.6 Å². The van der Waals surface area contributed by atoms with E-state index in [4.69, 9.17) is 14.2 Å². The summed E-state index contributed by atoms with van der Waals surface area (Å²) in [5.41, 5.74) is 5.31. The third-order valence-electron chi connectivity index (χ3n) is 10.6. The van der Waals surface area contributed by atoms with Crippen LogP contribution in [0.25, 0.3) is 0 Å². The fourth-order valence-corrected chi connectivity index (χ4v) is 7.14. The number of rotatable bonds is 21. The molecule has 1 aromatic carbocycles. The molecular weight excluding hydrogens is 763 g/mol. The molecule has 4 amide bonds. The van der Waals surface area contributed by atoms with Crippen LogP contribution >= 0.6 is 0 Å². The molecule has 0 aliphatic carbocycles. The summed E-state index contributed by atoms with van der Waals surface area (Å²) >= 11 is 0. The van der Waals surface area contributed by atoms with Gasteiger partial charge in [-0.1, -0.05) is 109 Å². The highest BCUT2D eigenvalue weighted by molar-refractivity contribution is 5.96. The van der Waals surface area contributed by atoms with E-state index in [1.165, 1.54) is 7.05 Å². The minimum Gasteiger partial charge on any atom is -0.458 e. The first-order chi connectivity index (χ1) is 28.3. The van der Waals surface area contributed by atoms with E-state index in [1.807, 2.05) is 51.2 Å². The summed E-state index contributed by atoms with van der Waals surface area (Å²) in [7, 11) is 6.55. The Morgan fingerprint density at radius 3 is 2.08 bits per heavy atom. The number of likely N-dealkylation sites (tertiary alicyclic amines) is 1. The second-order valence-corrected chi connectivity index (χ2v) is 16.5. The molecular formula is C47H79N5O8. The molecule has 0 bridgehead atoms. The zero-order chi connectivity index (χ0) is 46.2. The van der Waals surface area contributed by atoms with E-state index in [2.05, 4.69) is 43.7 Å². The smallest absolute Gasteiger partial charge is 0.329 e. The molecule has 13 heteroatoms. The van der Waals surface area contributed by atoms with Crippen LogP contribution < -0.4 is 16.4 Å². The van der Waals surface area contributed by atoms with Crippen molar-refractivity contribution in [3.8, 4) is 0 Å². The maximum absolute atomic E-state index is 13.3. The lowest BCUT2D eigenvalue weighted by molar-refractivity contribution is -0.159. The Labute approximate surface area is 361 Å². The predicted molar refractivity (Wildman–Crippen MR) is 241 cm³/mol. The molecule has 7 unspecified atom stereocenters. The Balaban J connectivity index is 0.00000112. The third kappa shape index (κ3) is 18.5. The number of hydrogen-bond acceptors (Lipinski definition) is 9. The van der Waals surface area contributed by atoms with Gasteiger partial charge in [-0.25, -0.2) is 4.79 Å². The van der Waals surface area contributed by atoms with Gasteiger partial charge in [-0.15, -0.1) is 0 Å². The molecule has 2 rings (SSSR count). The number of amides is 4. The van der Waals surface area contributed by atoms with Gasteiger partial charge in [0.2, 0.25) is 24.1 Å². The molecule has 0 spiro atoms. The van der Waals surface area contributed by atoms with E-state index in [9.17, 15) is 24.0 Å². The average Bonchev–Trinajstić information content (AvgIpc) is 3.70. The number of nitrogens with one attached hydrogen (secondary N) is 2. The molecule has 1 fully saturated rings. The van der Waals surface area contributed by atoms with Crippen LogP contribution in [0.2, 0.25) is 0 Å². The quantitative estimate of drug-likeness (QED) is 0.0581. The molecule has 1 aromatic rings. The first-order valence-electron chi connectivity index (χ1n) is 21.3. The Morgan fingerprint density at radius 1 is 0.983 bits per heavy atom. The van der Waals surface area contributed by atoms with Crippen molar-refractivity contribution in [2.24, 2.45) is 23.5 Å². The number of hydrogen-bond donors (Lipinski definition) is 3. The zero-order valence-electron chi connectivity index (χ0n) is 39.2. The molecule has 0 aromatic heterocycles. The van der Waals surface area contributed by atoms with Crippen molar-refractivity contribution in [3.05, 3.63) is 72.4 Å². The number of benzene rings is 1. The number of methoxy groups -OCH3 is 2. The molecule has 60 heavy (non-hydrogen) atoms. The number of nitrogens with two attached hydrogens (primary N) is 1. The number of likely N-dealkylation sites (N-methyl/N-ethyl adjacent to an activating group) is 1. The summed E-state index contributed by atoms with van der Waals surface area (Å²) in [5, 5.41) is 5.77. The van der Waals surface area contributed by atoms with Gasteiger partial charge in [0, 0.05) is 39.8 Å². The minimum absolute atomic E-state index is 0.0318. The number of carbonyl (C=O) groups is 5. The highest BCUT2D eigenvalue weighted by Gasteiger charge is 2.39. The van der Waals surface area contributed by atoms with Crippen LogP contribution in [0.5, 0.6) is 0 Å². The lowest BCUT2D eigenvalue weighted by Crippen LogP contribution is -2.56. The van der Waals surface area contributed by atoms with Crippen LogP contribution in [0.1, 0.15) is 100 Å². The first kappa shape index (κ1) is 55.7. The highest BCUT2D eigenvalue weighted by Crippen LogP contribution is 2.26. The minimum atomic E-state index is -0.815. The Hall–Kier alpha value is -4.33. The summed E-state index contributed by atoms with van der Waals surface area (Å²) < 4.78 is 16.8. The highest BCUT2D eigenvalue weighted by atomic mass is 16.6. The van der Waals surface area contributed by atoms with Crippen molar-refractivity contribution in [3.63, 3.8) is 0 Å². The maximum atomic E-state index is 13.3. The van der Waals surface area contributed by atoms with Crippen molar-refractivity contribution in [2.75, 3.05) is 34.9 Å². The molecule has 340 valence electrons. The summed E-state index contributed by atoms with van der Waals surface area (Å²) in [6, 6.07) is 7.89. The Kier molecular flexibility index (Phi) is 26.9. The zero-order valence-corrected chi connectivity index (χ0v) is 39.2. The second kappa shape index (κ2) is 29.0. The van der Waals surface area contributed by atoms with Crippen molar-refractivity contribution < 1.29 is 38.2 Å². The molecule has 0 saturated carbocycles. The topological polar surface area (TPSA) is 170 Å². The van der Waals surface area contributed by atoms with Gasteiger partial charge in [0.1, 0.15) is 17.7 Å². The monoisotopic (exact) mass is 842 g/mol. The third-order valence-corrected chi connectivity index (χ3v) is 10.6. The molecule has 1 saturated heterocycles. The average molecular weight is 842 g/mol. The largest absolute Gasteiger partial charge is 0.458 e. The summed E-state index contributed by atoms with van der Waals surface area (Å²) in [4.78, 5) is 66.5. The molecule has 1 aliphatic rings. The lowest BCUT2D eigenvalue weighted by Gasteiger charge is -2.39. The van der Waals surface area contributed by atoms with E-state index in [0.29, 0.717) is 18.5 Å². The molecule has 0 radical (unpaired) electrons. The van der Waals surface area contributed by atoms with Crippen molar-refractivity contribution in [1.29, 1.82) is 0 Å². The van der Waals surface area contributed by atoms with Crippen molar-refractivity contribution in [1.82, 2.24) is 20.4 Å². The van der Waals surface area contributed by atoms with Crippen LogP contribution in [0.3, 0.4) is 0 Å². The van der Waals surface area contributed by atoms with Crippen LogP contribution in [0.4, 0.5) is 0 Å². The van der Waals surface area contributed by atoms with Gasteiger partial charge in [-0.2, -0.15) is 0 Å². The van der Waals surface area contributed by atoms with Gasteiger partial charge in [0.25, 0.3) is 0 Å². The van der Waals surface area contributed by atoms with E-state index in [0.717, 1.165) is 37.7 Å².